The Morgan fingerprint density at radius 2 is 1.84 bits per heavy atom. The number of benzene rings is 2. The van der Waals surface area contributed by atoms with Crippen LogP contribution < -0.4 is 15.4 Å². The van der Waals surface area contributed by atoms with E-state index in [-0.39, 0.29) is 18.9 Å². The lowest BCUT2D eigenvalue weighted by molar-refractivity contribution is -0.118. The van der Waals surface area contributed by atoms with Crippen molar-refractivity contribution < 1.29 is 18.7 Å². The van der Waals surface area contributed by atoms with Gasteiger partial charge in [0.25, 0.3) is 5.91 Å². The number of nitrogens with two attached hydrogens (primary N) is 1. The van der Waals surface area contributed by atoms with Crippen LogP contribution in [0.2, 0.25) is 0 Å². The van der Waals surface area contributed by atoms with Crippen LogP contribution >= 0.6 is 0 Å². The second-order valence-corrected chi connectivity index (χ2v) is 5.26. The Bertz CT molecular complexity index is 772. The molecule has 0 fully saturated rings. The van der Waals surface area contributed by atoms with E-state index in [1.165, 1.54) is 35.2 Å². The molecule has 0 bridgehead atoms. The molecule has 2 rings (SSSR count). The third-order valence-electron chi connectivity index (χ3n) is 3.53. The number of halogens is 1. The van der Waals surface area contributed by atoms with Crippen LogP contribution in [-0.4, -0.2) is 25.5 Å². The second-order valence-electron chi connectivity index (χ2n) is 5.26. The van der Waals surface area contributed by atoms with Crippen molar-refractivity contribution in [3.63, 3.8) is 0 Å². The Hall–Kier alpha value is -3.15. The summed E-state index contributed by atoms with van der Waals surface area (Å²) in [6, 6.07) is 12.7. The number of para-hydroxylation sites is 1. The molecule has 0 saturated carbocycles. The van der Waals surface area contributed by atoms with Gasteiger partial charge in [-0.3, -0.25) is 9.59 Å². The lowest BCUT2D eigenvalue weighted by atomic mass is 10.1. The number of hydrogen-bond acceptors (Lipinski definition) is 3. The van der Waals surface area contributed by atoms with Crippen LogP contribution in [0, 0.1) is 5.82 Å². The fourth-order valence-corrected chi connectivity index (χ4v) is 2.26. The van der Waals surface area contributed by atoms with Gasteiger partial charge in [0.1, 0.15) is 11.6 Å². The van der Waals surface area contributed by atoms with Crippen molar-refractivity contribution in [3.05, 3.63) is 66.0 Å². The van der Waals surface area contributed by atoms with E-state index < -0.39 is 11.7 Å². The molecule has 2 amide bonds. The standard InChI is InChI=1S/C19H19FN2O3/c1-25-17-5-3-2-4-14(17)6-11-19(24)22(13-12-18(21)23)16-9-7-15(20)8-10-16/h2-11H,12-13H2,1H3,(H2,21,23)/b11-6+. The molecular formula is C19H19FN2O3. The van der Waals surface area contributed by atoms with E-state index in [1.807, 2.05) is 18.2 Å². The normalized spacial score (nSPS) is 10.6. The maximum atomic E-state index is 13.1. The summed E-state index contributed by atoms with van der Waals surface area (Å²) in [5, 5.41) is 0. The molecule has 130 valence electrons. The Morgan fingerprint density at radius 1 is 1.16 bits per heavy atom. The SMILES string of the molecule is COc1ccccc1/C=C/C(=O)N(CCC(N)=O)c1ccc(F)cc1. The molecule has 5 nitrogen and oxygen atoms in total. The number of methoxy groups -OCH3 is 1. The summed E-state index contributed by atoms with van der Waals surface area (Å²) in [4.78, 5) is 25.0. The Kier molecular flexibility index (Phi) is 6.28. The van der Waals surface area contributed by atoms with Crippen LogP contribution in [0.3, 0.4) is 0 Å². The minimum atomic E-state index is -0.520. The van der Waals surface area contributed by atoms with Crippen LogP contribution in [0.1, 0.15) is 12.0 Å². The number of ether oxygens (including phenoxy) is 1. The zero-order chi connectivity index (χ0) is 18.2. The van der Waals surface area contributed by atoms with Gasteiger partial charge in [0.05, 0.1) is 7.11 Å². The molecule has 0 radical (unpaired) electrons. The molecule has 0 heterocycles. The molecule has 25 heavy (non-hydrogen) atoms. The molecule has 6 heteroatoms. The van der Waals surface area contributed by atoms with Crippen molar-refractivity contribution in [2.24, 2.45) is 5.73 Å². The number of anilines is 1. The largest absolute Gasteiger partial charge is 0.496 e. The van der Waals surface area contributed by atoms with Gasteiger partial charge in [0, 0.05) is 30.3 Å². The van der Waals surface area contributed by atoms with Crippen LogP contribution in [0.5, 0.6) is 5.75 Å². The van der Waals surface area contributed by atoms with Crippen molar-refractivity contribution in [2.75, 3.05) is 18.6 Å². The summed E-state index contributed by atoms with van der Waals surface area (Å²) >= 11 is 0. The maximum Gasteiger partial charge on any atom is 0.251 e. The van der Waals surface area contributed by atoms with Crippen LogP contribution in [0.25, 0.3) is 6.08 Å². The number of carbonyl (C=O) groups excluding carboxylic acids is 2. The van der Waals surface area contributed by atoms with E-state index in [9.17, 15) is 14.0 Å². The van der Waals surface area contributed by atoms with Crippen LogP contribution in [0.15, 0.2) is 54.6 Å². The molecule has 0 atom stereocenters. The first kappa shape index (κ1) is 18.2. The van der Waals surface area contributed by atoms with Gasteiger partial charge in [-0.05, 0) is 36.4 Å². The van der Waals surface area contributed by atoms with E-state index in [4.69, 9.17) is 10.5 Å². The van der Waals surface area contributed by atoms with Gasteiger partial charge in [0.2, 0.25) is 5.91 Å². The number of amides is 2. The highest BCUT2D eigenvalue weighted by Crippen LogP contribution is 2.20. The summed E-state index contributed by atoms with van der Waals surface area (Å²) in [6.45, 7) is 0.107. The highest BCUT2D eigenvalue weighted by Gasteiger charge is 2.14. The number of nitrogens with zero attached hydrogens (tertiary/aromatic N) is 1. The molecule has 2 aromatic carbocycles. The number of carbonyl (C=O) groups is 2. The smallest absolute Gasteiger partial charge is 0.251 e. The summed E-state index contributed by atoms with van der Waals surface area (Å²) in [6.07, 6.45) is 3.01. The van der Waals surface area contributed by atoms with Crippen molar-refractivity contribution in [1.82, 2.24) is 0 Å². The zero-order valence-corrected chi connectivity index (χ0v) is 13.8. The third kappa shape index (κ3) is 5.17. The van der Waals surface area contributed by atoms with Crippen molar-refractivity contribution in [1.29, 1.82) is 0 Å². The van der Waals surface area contributed by atoms with Crippen LogP contribution in [0.4, 0.5) is 10.1 Å². The van der Waals surface area contributed by atoms with Crippen molar-refractivity contribution >= 4 is 23.6 Å². The van der Waals surface area contributed by atoms with Gasteiger partial charge in [-0.15, -0.1) is 0 Å². The van der Waals surface area contributed by atoms with Gasteiger partial charge in [-0.2, -0.15) is 0 Å². The number of rotatable bonds is 7. The Balaban J connectivity index is 2.23. The first-order valence-corrected chi connectivity index (χ1v) is 7.67. The monoisotopic (exact) mass is 342 g/mol. The van der Waals surface area contributed by atoms with E-state index in [0.717, 1.165) is 5.56 Å². The van der Waals surface area contributed by atoms with Crippen molar-refractivity contribution in [2.45, 2.75) is 6.42 Å². The average molecular weight is 342 g/mol. The van der Waals surface area contributed by atoms with Gasteiger partial charge in [0.15, 0.2) is 0 Å². The summed E-state index contributed by atoms with van der Waals surface area (Å²) < 4.78 is 18.3. The fourth-order valence-electron chi connectivity index (χ4n) is 2.26. The van der Waals surface area contributed by atoms with E-state index in [2.05, 4.69) is 0 Å². The van der Waals surface area contributed by atoms with Gasteiger partial charge < -0.3 is 15.4 Å². The highest BCUT2D eigenvalue weighted by molar-refractivity contribution is 6.04. The van der Waals surface area contributed by atoms with Gasteiger partial charge in [-0.1, -0.05) is 18.2 Å². The van der Waals surface area contributed by atoms with Crippen molar-refractivity contribution in [3.8, 4) is 5.75 Å². The molecule has 0 unspecified atom stereocenters. The lowest BCUT2D eigenvalue weighted by Crippen LogP contribution is -2.32. The summed E-state index contributed by atoms with van der Waals surface area (Å²) in [5.41, 5.74) is 6.40. The second kappa shape index (κ2) is 8.63. The molecule has 0 aliphatic carbocycles. The Morgan fingerprint density at radius 3 is 2.48 bits per heavy atom. The Labute approximate surface area is 145 Å². The van der Waals surface area contributed by atoms with E-state index in [0.29, 0.717) is 11.4 Å². The topological polar surface area (TPSA) is 72.6 Å². The summed E-state index contributed by atoms with van der Waals surface area (Å²) in [5.74, 6) is -0.639. The number of hydrogen-bond donors (Lipinski definition) is 1. The molecular weight excluding hydrogens is 323 g/mol. The van der Waals surface area contributed by atoms with E-state index >= 15 is 0 Å². The molecule has 0 aliphatic rings. The molecule has 0 saturated heterocycles. The predicted molar refractivity (Wildman–Crippen MR) is 94.6 cm³/mol. The third-order valence-corrected chi connectivity index (χ3v) is 3.53. The van der Waals surface area contributed by atoms with Crippen LogP contribution in [-0.2, 0) is 9.59 Å². The lowest BCUT2D eigenvalue weighted by Gasteiger charge is -2.20. The first-order valence-electron chi connectivity index (χ1n) is 7.67. The fraction of sp³-hybridized carbons (Fsp3) is 0.158. The quantitative estimate of drug-likeness (QED) is 0.787. The van der Waals surface area contributed by atoms with E-state index in [1.54, 1.807) is 19.3 Å². The molecule has 2 N–H and O–H groups in total. The maximum absolute atomic E-state index is 13.1. The minimum absolute atomic E-state index is 0.00557. The summed E-state index contributed by atoms with van der Waals surface area (Å²) in [7, 11) is 1.55. The molecule has 0 spiro atoms. The van der Waals surface area contributed by atoms with Gasteiger partial charge in [-0.25, -0.2) is 4.39 Å². The number of primary amides is 1. The highest BCUT2D eigenvalue weighted by atomic mass is 19.1. The first-order chi connectivity index (χ1) is 12.0. The molecule has 2 aromatic rings. The molecule has 0 aliphatic heterocycles. The average Bonchev–Trinajstić information content (AvgIpc) is 2.61. The zero-order valence-electron chi connectivity index (χ0n) is 13.8. The predicted octanol–water partition coefficient (Wildman–Crippen LogP) is 2.76. The van der Waals surface area contributed by atoms with Gasteiger partial charge >= 0.3 is 0 Å². The minimum Gasteiger partial charge on any atom is -0.496 e. The molecule has 0 aromatic heterocycles.